The fraction of sp³-hybridized carbons (Fsp3) is 0.643. The van der Waals surface area contributed by atoms with Crippen molar-refractivity contribution in [2.45, 2.75) is 43.7 Å². The van der Waals surface area contributed by atoms with E-state index in [0.717, 1.165) is 12.8 Å². The molecule has 1 fully saturated rings. The highest BCUT2D eigenvalue weighted by molar-refractivity contribution is 5.22. The average molecular weight is 251 g/mol. The Bertz CT molecular complexity index is 400. The van der Waals surface area contributed by atoms with E-state index in [1.165, 1.54) is 25.5 Å². The number of rotatable bonds is 3. The van der Waals surface area contributed by atoms with Crippen LogP contribution in [-0.4, -0.2) is 29.5 Å². The van der Waals surface area contributed by atoms with E-state index < -0.39 is 0 Å². The van der Waals surface area contributed by atoms with Crippen LogP contribution in [0.15, 0.2) is 18.5 Å². The molecule has 1 aromatic rings. The highest BCUT2D eigenvalue weighted by Gasteiger charge is 2.41. The van der Waals surface area contributed by atoms with Crippen LogP contribution >= 0.6 is 0 Å². The minimum absolute atomic E-state index is 0.125. The van der Waals surface area contributed by atoms with Crippen LogP contribution in [0.4, 0.5) is 4.39 Å². The summed E-state index contributed by atoms with van der Waals surface area (Å²) in [7, 11) is 4.09. The summed E-state index contributed by atoms with van der Waals surface area (Å²) < 4.78 is 13.9. The van der Waals surface area contributed by atoms with Gasteiger partial charge < -0.3 is 10.6 Å². The SMILES string of the molecule is CN(C)C1(C(N)c2ccncc2F)CCCCC1. The Morgan fingerprint density at radius 1 is 1.33 bits per heavy atom. The Morgan fingerprint density at radius 2 is 2.00 bits per heavy atom. The van der Waals surface area contributed by atoms with Gasteiger partial charge in [-0.1, -0.05) is 19.3 Å². The van der Waals surface area contributed by atoms with Gasteiger partial charge in [-0.2, -0.15) is 0 Å². The van der Waals surface area contributed by atoms with E-state index in [-0.39, 0.29) is 17.4 Å². The second kappa shape index (κ2) is 5.33. The Morgan fingerprint density at radius 3 is 2.56 bits per heavy atom. The summed E-state index contributed by atoms with van der Waals surface area (Å²) >= 11 is 0. The Labute approximate surface area is 108 Å². The topological polar surface area (TPSA) is 42.1 Å². The van der Waals surface area contributed by atoms with Crippen molar-refractivity contribution in [2.75, 3.05) is 14.1 Å². The number of nitrogens with zero attached hydrogens (tertiary/aromatic N) is 2. The van der Waals surface area contributed by atoms with Crippen LogP contribution in [0, 0.1) is 5.82 Å². The van der Waals surface area contributed by atoms with Gasteiger partial charge in [0.2, 0.25) is 0 Å². The molecule has 0 saturated heterocycles. The summed E-state index contributed by atoms with van der Waals surface area (Å²) in [4.78, 5) is 5.97. The van der Waals surface area contributed by atoms with Crippen LogP contribution in [0.25, 0.3) is 0 Å². The third kappa shape index (κ3) is 2.27. The molecule has 0 bridgehead atoms. The first-order valence-electron chi connectivity index (χ1n) is 6.60. The summed E-state index contributed by atoms with van der Waals surface area (Å²) in [5, 5.41) is 0. The fourth-order valence-electron chi connectivity index (χ4n) is 3.13. The van der Waals surface area contributed by atoms with Crippen molar-refractivity contribution < 1.29 is 4.39 Å². The highest BCUT2D eigenvalue weighted by Crippen LogP contribution is 2.41. The molecule has 1 saturated carbocycles. The zero-order valence-corrected chi connectivity index (χ0v) is 11.2. The number of pyridine rings is 1. The van der Waals surface area contributed by atoms with Gasteiger partial charge in [-0.05, 0) is 33.0 Å². The lowest BCUT2D eigenvalue weighted by atomic mass is 9.73. The first-order valence-corrected chi connectivity index (χ1v) is 6.60. The van der Waals surface area contributed by atoms with Crippen molar-refractivity contribution in [3.8, 4) is 0 Å². The molecule has 0 aliphatic heterocycles. The van der Waals surface area contributed by atoms with Crippen LogP contribution in [-0.2, 0) is 0 Å². The number of likely N-dealkylation sites (N-methyl/N-ethyl adjacent to an activating group) is 1. The summed E-state index contributed by atoms with van der Waals surface area (Å²) in [6.45, 7) is 0. The van der Waals surface area contributed by atoms with Crippen molar-refractivity contribution in [1.29, 1.82) is 0 Å². The maximum Gasteiger partial charge on any atom is 0.146 e. The molecule has 1 aromatic heterocycles. The normalized spacial score (nSPS) is 20.9. The molecule has 1 heterocycles. The third-order valence-electron chi connectivity index (χ3n) is 4.33. The van der Waals surface area contributed by atoms with Crippen molar-refractivity contribution in [3.05, 3.63) is 29.8 Å². The zero-order chi connectivity index (χ0) is 13.2. The van der Waals surface area contributed by atoms with Gasteiger partial charge in [-0.3, -0.25) is 4.98 Å². The Hall–Kier alpha value is -1.00. The van der Waals surface area contributed by atoms with Gasteiger partial charge >= 0.3 is 0 Å². The van der Waals surface area contributed by atoms with Gasteiger partial charge in [0.05, 0.1) is 12.2 Å². The standard InChI is InChI=1S/C14H22FN3/c1-18(2)14(7-4-3-5-8-14)13(16)11-6-9-17-10-12(11)15/h6,9-10,13H,3-5,7-8,16H2,1-2H3. The number of nitrogens with two attached hydrogens (primary N) is 1. The van der Waals surface area contributed by atoms with Gasteiger partial charge in [0.25, 0.3) is 0 Å². The maximum absolute atomic E-state index is 13.9. The summed E-state index contributed by atoms with van der Waals surface area (Å²) in [5.74, 6) is -0.295. The van der Waals surface area contributed by atoms with Crippen molar-refractivity contribution >= 4 is 0 Å². The van der Waals surface area contributed by atoms with Crippen LogP contribution in [0.5, 0.6) is 0 Å². The van der Waals surface area contributed by atoms with Gasteiger partial charge in [0.15, 0.2) is 0 Å². The lowest BCUT2D eigenvalue weighted by Gasteiger charge is -2.47. The molecule has 4 heteroatoms. The van der Waals surface area contributed by atoms with E-state index in [0.29, 0.717) is 5.56 Å². The van der Waals surface area contributed by atoms with Crippen LogP contribution < -0.4 is 5.73 Å². The number of aromatic nitrogens is 1. The largest absolute Gasteiger partial charge is 0.322 e. The molecule has 0 radical (unpaired) electrons. The van der Waals surface area contributed by atoms with E-state index in [2.05, 4.69) is 9.88 Å². The first kappa shape index (κ1) is 13.4. The molecule has 0 aromatic carbocycles. The maximum atomic E-state index is 13.9. The number of hydrogen-bond donors (Lipinski definition) is 1. The second-order valence-electron chi connectivity index (χ2n) is 5.43. The summed E-state index contributed by atoms with van der Waals surface area (Å²) in [6, 6.07) is 1.41. The van der Waals surface area contributed by atoms with Gasteiger partial charge in [-0.25, -0.2) is 4.39 Å². The molecule has 18 heavy (non-hydrogen) atoms. The smallest absolute Gasteiger partial charge is 0.146 e. The molecular formula is C14H22FN3. The van der Waals surface area contributed by atoms with Crippen LogP contribution in [0.3, 0.4) is 0 Å². The number of hydrogen-bond acceptors (Lipinski definition) is 3. The second-order valence-corrected chi connectivity index (χ2v) is 5.43. The average Bonchev–Trinajstić information content (AvgIpc) is 2.39. The summed E-state index contributed by atoms with van der Waals surface area (Å²) in [6.07, 6.45) is 8.51. The molecule has 100 valence electrons. The van der Waals surface area contributed by atoms with E-state index in [1.54, 1.807) is 12.3 Å². The van der Waals surface area contributed by atoms with E-state index in [1.807, 2.05) is 14.1 Å². The van der Waals surface area contributed by atoms with Gasteiger partial charge in [-0.15, -0.1) is 0 Å². The van der Waals surface area contributed by atoms with E-state index >= 15 is 0 Å². The Balaban J connectivity index is 2.34. The van der Waals surface area contributed by atoms with Crippen molar-refractivity contribution in [1.82, 2.24) is 9.88 Å². The molecule has 2 N–H and O–H groups in total. The lowest BCUT2D eigenvalue weighted by Crippen LogP contribution is -2.53. The Kier molecular flexibility index (Phi) is 3.97. The van der Waals surface area contributed by atoms with Crippen molar-refractivity contribution in [2.24, 2.45) is 5.73 Å². The molecule has 1 aliphatic rings. The molecule has 2 rings (SSSR count). The molecule has 0 amide bonds. The molecular weight excluding hydrogens is 229 g/mol. The fourth-order valence-corrected chi connectivity index (χ4v) is 3.13. The van der Waals surface area contributed by atoms with Crippen LogP contribution in [0.1, 0.15) is 43.7 Å². The molecule has 1 atom stereocenters. The number of halogens is 1. The summed E-state index contributed by atoms with van der Waals surface area (Å²) in [5.41, 5.74) is 6.86. The predicted molar refractivity (Wildman–Crippen MR) is 70.6 cm³/mol. The third-order valence-corrected chi connectivity index (χ3v) is 4.33. The van der Waals surface area contributed by atoms with Crippen molar-refractivity contribution in [3.63, 3.8) is 0 Å². The lowest BCUT2D eigenvalue weighted by molar-refractivity contribution is 0.0700. The highest BCUT2D eigenvalue weighted by atomic mass is 19.1. The molecule has 0 spiro atoms. The minimum Gasteiger partial charge on any atom is -0.322 e. The van der Waals surface area contributed by atoms with Gasteiger partial charge in [0.1, 0.15) is 5.82 Å². The van der Waals surface area contributed by atoms with E-state index in [9.17, 15) is 4.39 Å². The minimum atomic E-state index is -0.296. The van der Waals surface area contributed by atoms with E-state index in [4.69, 9.17) is 5.73 Å². The first-order chi connectivity index (χ1) is 8.58. The monoisotopic (exact) mass is 251 g/mol. The quantitative estimate of drug-likeness (QED) is 0.897. The predicted octanol–water partition coefficient (Wildman–Crippen LogP) is 2.49. The molecule has 1 unspecified atom stereocenters. The van der Waals surface area contributed by atoms with Gasteiger partial charge in [0, 0.05) is 17.3 Å². The zero-order valence-electron chi connectivity index (χ0n) is 11.2. The molecule has 1 aliphatic carbocycles. The molecule has 3 nitrogen and oxygen atoms in total. The van der Waals surface area contributed by atoms with Crippen LogP contribution in [0.2, 0.25) is 0 Å².